The highest BCUT2D eigenvalue weighted by atomic mass is 35.5. The van der Waals surface area contributed by atoms with E-state index in [1.54, 1.807) is 17.0 Å². The van der Waals surface area contributed by atoms with Gasteiger partial charge in [-0.05, 0) is 42.7 Å². The molecule has 0 radical (unpaired) electrons. The smallest absolute Gasteiger partial charge is 0.266 e. The van der Waals surface area contributed by atoms with Gasteiger partial charge in [-0.15, -0.1) is 0 Å². The van der Waals surface area contributed by atoms with E-state index in [4.69, 9.17) is 23.8 Å². The molecule has 28 heavy (non-hydrogen) atoms. The van der Waals surface area contributed by atoms with E-state index in [9.17, 15) is 9.59 Å². The third-order valence-electron chi connectivity index (χ3n) is 4.27. The highest BCUT2D eigenvalue weighted by Crippen LogP contribution is 2.33. The van der Waals surface area contributed by atoms with Crippen LogP contribution in [-0.2, 0) is 9.59 Å². The Morgan fingerprint density at radius 2 is 1.93 bits per heavy atom. The van der Waals surface area contributed by atoms with Crippen molar-refractivity contribution < 1.29 is 9.59 Å². The first-order valence-corrected chi connectivity index (χ1v) is 10.4. The molecule has 1 heterocycles. The van der Waals surface area contributed by atoms with Gasteiger partial charge in [0.1, 0.15) is 4.32 Å². The number of nitrogens with zero attached hydrogens (tertiary/aromatic N) is 1. The molecule has 0 spiro atoms. The summed E-state index contributed by atoms with van der Waals surface area (Å²) in [6, 6.07) is 15.0. The number of hydrogen-bond acceptors (Lipinski definition) is 4. The molecule has 0 aliphatic carbocycles. The standard InChI is InChI=1S/C21H19ClN2O2S2/c1-14-7-2-5-10-17(14)23-19(25)11-6-12-24-20(26)18(28-21(24)27)13-15-8-3-4-9-16(15)22/h2-5,7-10,13H,6,11-12H2,1H3,(H,23,25). The second-order valence-corrected chi connectivity index (χ2v) is 8.40. The first-order chi connectivity index (χ1) is 13.5. The molecule has 2 aromatic rings. The van der Waals surface area contributed by atoms with Crippen molar-refractivity contribution in [2.24, 2.45) is 0 Å². The van der Waals surface area contributed by atoms with Crippen molar-refractivity contribution in [3.8, 4) is 0 Å². The monoisotopic (exact) mass is 430 g/mol. The number of hydrogen-bond donors (Lipinski definition) is 1. The van der Waals surface area contributed by atoms with Gasteiger partial charge >= 0.3 is 0 Å². The molecule has 1 aliphatic heterocycles. The minimum absolute atomic E-state index is 0.0775. The predicted octanol–water partition coefficient (Wildman–Crippen LogP) is 5.27. The normalized spacial score (nSPS) is 15.4. The molecular weight excluding hydrogens is 412 g/mol. The zero-order valence-corrected chi connectivity index (χ0v) is 17.7. The molecule has 7 heteroatoms. The Balaban J connectivity index is 1.56. The zero-order valence-electron chi connectivity index (χ0n) is 15.3. The van der Waals surface area contributed by atoms with Crippen LogP contribution in [0.25, 0.3) is 6.08 Å². The molecule has 2 amide bonds. The molecule has 2 aromatic carbocycles. The predicted molar refractivity (Wildman–Crippen MR) is 120 cm³/mol. The van der Waals surface area contributed by atoms with Crippen molar-refractivity contribution in [1.82, 2.24) is 4.90 Å². The number of amides is 2. The number of para-hydroxylation sites is 1. The summed E-state index contributed by atoms with van der Waals surface area (Å²) in [4.78, 5) is 26.9. The van der Waals surface area contributed by atoms with Crippen LogP contribution < -0.4 is 5.32 Å². The molecule has 0 aromatic heterocycles. The lowest BCUT2D eigenvalue weighted by Crippen LogP contribution is -2.29. The lowest BCUT2D eigenvalue weighted by molar-refractivity contribution is -0.122. The number of rotatable bonds is 6. The van der Waals surface area contributed by atoms with Crippen LogP contribution >= 0.6 is 35.6 Å². The SMILES string of the molecule is Cc1ccccc1NC(=O)CCCN1C(=O)C(=Cc2ccccc2Cl)SC1=S. The van der Waals surface area contributed by atoms with Gasteiger partial charge in [0.05, 0.1) is 4.91 Å². The molecule has 3 rings (SSSR count). The van der Waals surface area contributed by atoms with Gasteiger partial charge in [-0.1, -0.05) is 72.0 Å². The Hall–Kier alpha value is -2.15. The van der Waals surface area contributed by atoms with Crippen LogP contribution in [-0.4, -0.2) is 27.6 Å². The number of anilines is 1. The van der Waals surface area contributed by atoms with Crippen LogP contribution in [0.2, 0.25) is 5.02 Å². The van der Waals surface area contributed by atoms with Crippen LogP contribution in [0, 0.1) is 6.92 Å². The van der Waals surface area contributed by atoms with Crippen molar-refractivity contribution >= 4 is 63.5 Å². The van der Waals surface area contributed by atoms with E-state index < -0.39 is 0 Å². The molecule has 0 bridgehead atoms. The average Bonchev–Trinajstić information content (AvgIpc) is 2.93. The van der Waals surface area contributed by atoms with E-state index >= 15 is 0 Å². The van der Waals surface area contributed by atoms with E-state index in [0.29, 0.717) is 33.6 Å². The largest absolute Gasteiger partial charge is 0.326 e. The summed E-state index contributed by atoms with van der Waals surface area (Å²) in [5.74, 6) is -0.222. The van der Waals surface area contributed by atoms with Crippen molar-refractivity contribution in [2.45, 2.75) is 19.8 Å². The summed E-state index contributed by atoms with van der Waals surface area (Å²) in [6.45, 7) is 2.35. The third kappa shape index (κ3) is 5.01. The van der Waals surface area contributed by atoms with Gasteiger partial charge in [-0.3, -0.25) is 14.5 Å². The number of carbonyl (C=O) groups is 2. The Labute approximate surface area is 178 Å². The topological polar surface area (TPSA) is 49.4 Å². The molecule has 0 unspecified atom stereocenters. The third-order valence-corrected chi connectivity index (χ3v) is 5.99. The number of nitrogens with one attached hydrogen (secondary N) is 1. The van der Waals surface area contributed by atoms with Crippen molar-refractivity contribution in [3.05, 3.63) is 69.6 Å². The number of thiocarbonyl (C=S) groups is 1. The molecule has 0 atom stereocenters. The summed E-state index contributed by atoms with van der Waals surface area (Å²) in [6.07, 6.45) is 2.60. The van der Waals surface area contributed by atoms with Gasteiger partial charge in [-0.2, -0.15) is 0 Å². The van der Waals surface area contributed by atoms with E-state index in [1.165, 1.54) is 11.8 Å². The lowest BCUT2D eigenvalue weighted by atomic mass is 10.2. The maximum Gasteiger partial charge on any atom is 0.266 e. The summed E-state index contributed by atoms with van der Waals surface area (Å²) in [5.41, 5.74) is 2.60. The zero-order chi connectivity index (χ0) is 20.1. The second-order valence-electron chi connectivity index (χ2n) is 6.32. The van der Waals surface area contributed by atoms with Gasteiger partial charge in [0, 0.05) is 23.7 Å². The first kappa shape index (κ1) is 20.6. The van der Waals surface area contributed by atoms with E-state index in [2.05, 4.69) is 5.32 Å². The Kier molecular flexibility index (Phi) is 6.88. The Morgan fingerprint density at radius 1 is 1.21 bits per heavy atom. The second kappa shape index (κ2) is 9.37. The Morgan fingerprint density at radius 3 is 2.68 bits per heavy atom. The first-order valence-electron chi connectivity index (χ1n) is 8.81. The van der Waals surface area contributed by atoms with Gasteiger partial charge < -0.3 is 5.32 Å². The van der Waals surface area contributed by atoms with Crippen molar-refractivity contribution in [2.75, 3.05) is 11.9 Å². The number of benzene rings is 2. The molecule has 4 nitrogen and oxygen atoms in total. The Bertz CT molecular complexity index is 959. The van der Waals surface area contributed by atoms with Crippen LogP contribution in [0.1, 0.15) is 24.0 Å². The molecule has 1 aliphatic rings. The quantitative estimate of drug-likeness (QED) is 0.501. The fourth-order valence-corrected chi connectivity index (χ4v) is 4.24. The summed E-state index contributed by atoms with van der Waals surface area (Å²) in [7, 11) is 0. The van der Waals surface area contributed by atoms with Crippen molar-refractivity contribution in [1.29, 1.82) is 0 Å². The fourth-order valence-electron chi connectivity index (χ4n) is 2.75. The molecular formula is C21H19ClN2O2S2. The van der Waals surface area contributed by atoms with Gasteiger partial charge in [0.2, 0.25) is 5.91 Å². The van der Waals surface area contributed by atoms with Crippen LogP contribution in [0.3, 0.4) is 0 Å². The van der Waals surface area contributed by atoms with Crippen molar-refractivity contribution in [3.63, 3.8) is 0 Å². The van der Waals surface area contributed by atoms with Gasteiger partial charge in [0.15, 0.2) is 0 Å². The van der Waals surface area contributed by atoms with E-state index in [-0.39, 0.29) is 11.8 Å². The van der Waals surface area contributed by atoms with E-state index in [1.807, 2.05) is 49.4 Å². The summed E-state index contributed by atoms with van der Waals surface area (Å²) >= 11 is 12.8. The van der Waals surface area contributed by atoms with Gasteiger partial charge in [0.25, 0.3) is 5.91 Å². The average molecular weight is 431 g/mol. The lowest BCUT2D eigenvalue weighted by Gasteiger charge is -2.14. The highest BCUT2D eigenvalue weighted by molar-refractivity contribution is 8.26. The van der Waals surface area contributed by atoms with Crippen LogP contribution in [0.15, 0.2) is 53.4 Å². The van der Waals surface area contributed by atoms with Crippen LogP contribution in [0.4, 0.5) is 5.69 Å². The maximum atomic E-state index is 12.6. The number of aryl methyl sites for hydroxylation is 1. The number of carbonyl (C=O) groups excluding carboxylic acids is 2. The summed E-state index contributed by atoms with van der Waals surface area (Å²) in [5, 5.41) is 3.48. The van der Waals surface area contributed by atoms with Crippen LogP contribution in [0.5, 0.6) is 0 Å². The molecule has 1 fully saturated rings. The minimum atomic E-state index is -0.144. The van der Waals surface area contributed by atoms with Gasteiger partial charge in [-0.25, -0.2) is 0 Å². The maximum absolute atomic E-state index is 12.6. The molecule has 0 saturated carbocycles. The van der Waals surface area contributed by atoms with E-state index in [0.717, 1.165) is 16.8 Å². The molecule has 1 saturated heterocycles. The minimum Gasteiger partial charge on any atom is -0.326 e. The molecule has 144 valence electrons. The highest BCUT2D eigenvalue weighted by Gasteiger charge is 2.31. The molecule has 1 N–H and O–H groups in total. The number of thioether (sulfide) groups is 1. The summed E-state index contributed by atoms with van der Waals surface area (Å²) < 4.78 is 0.502. The number of halogens is 1. The fraction of sp³-hybridized carbons (Fsp3) is 0.190.